The van der Waals surface area contributed by atoms with E-state index in [-0.39, 0.29) is 6.10 Å². The molecule has 0 amide bonds. The molecule has 0 radical (unpaired) electrons. The molecule has 0 spiro atoms. The van der Waals surface area contributed by atoms with Gasteiger partial charge in [0.05, 0.1) is 0 Å². The predicted octanol–water partition coefficient (Wildman–Crippen LogP) is 4.28. The van der Waals surface area contributed by atoms with E-state index in [2.05, 4.69) is 31.2 Å². The number of anilines is 3. The minimum atomic E-state index is 0.214. The molecule has 1 fully saturated rings. The third kappa shape index (κ3) is 3.68. The third-order valence-electron chi connectivity index (χ3n) is 3.78. The van der Waals surface area contributed by atoms with Crippen LogP contribution in [-0.4, -0.2) is 16.1 Å². The standard InChI is InChI=1S/C16H19BrN4O/c17-11-6-8-12(9-7-11)21-15-14(18)16(20-10-19-15)22-13-4-2-1-3-5-13/h6-10,13H,1-5,18H2,(H,19,20,21). The minimum Gasteiger partial charge on any atom is -0.473 e. The lowest BCUT2D eigenvalue weighted by atomic mass is 9.98. The molecule has 1 aromatic heterocycles. The van der Waals surface area contributed by atoms with E-state index in [0.29, 0.717) is 17.4 Å². The van der Waals surface area contributed by atoms with Gasteiger partial charge in [-0.15, -0.1) is 0 Å². The summed E-state index contributed by atoms with van der Waals surface area (Å²) in [6.45, 7) is 0. The zero-order valence-electron chi connectivity index (χ0n) is 12.3. The molecular formula is C16H19BrN4O. The van der Waals surface area contributed by atoms with Gasteiger partial charge in [-0.25, -0.2) is 4.98 Å². The summed E-state index contributed by atoms with van der Waals surface area (Å²) in [5.41, 5.74) is 7.53. The van der Waals surface area contributed by atoms with Crippen molar-refractivity contribution >= 4 is 33.1 Å². The molecule has 1 aliphatic carbocycles. The van der Waals surface area contributed by atoms with Gasteiger partial charge in [0.1, 0.15) is 18.1 Å². The Labute approximate surface area is 138 Å². The fourth-order valence-corrected chi connectivity index (χ4v) is 2.85. The molecule has 0 atom stereocenters. The second-order valence-corrected chi connectivity index (χ2v) is 6.37. The van der Waals surface area contributed by atoms with Crippen LogP contribution in [0.25, 0.3) is 0 Å². The quantitative estimate of drug-likeness (QED) is 0.848. The van der Waals surface area contributed by atoms with E-state index >= 15 is 0 Å². The molecule has 0 bridgehead atoms. The molecule has 5 nitrogen and oxygen atoms in total. The van der Waals surface area contributed by atoms with Crippen LogP contribution in [0.3, 0.4) is 0 Å². The van der Waals surface area contributed by atoms with Gasteiger partial charge in [-0.2, -0.15) is 4.98 Å². The summed E-state index contributed by atoms with van der Waals surface area (Å²) in [6.07, 6.45) is 7.54. The number of nitrogen functional groups attached to an aromatic ring is 1. The maximum absolute atomic E-state index is 6.16. The van der Waals surface area contributed by atoms with Crippen LogP contribution < -0.4 is 15.8 Å². The Balaban J connectivity index is 1.74. The average molecular weight is 363 g/mol. The second kappa shape index (κ2) is 6.96. The molecular weight excluding hydrogens is 344 g/mol. The molecule has 1 aliphatic rings. The highest BCUT2D eigenvalue weighted by atomic mass is 79.9. The zero-order valence-corrected chi connectivity index (χ0v) is 13.8. The molecule has 1 aromatic carbocycles. The van der Waals surface area contributed by atoms with Gasteiger partial charge >= 0.3 is 0 Å². The summed E-state index contributed by atoms with van der Waals surface area (Å²) in [5, 5.41) is 3.20. The van der Waals surface area contributed by atoms with Crippen LogP contribution in [0.4, 0.5) is 17.2 Å². The fraction of sp³-hybridized carbons (Fsp3) is 0.375. The SMILES string of the molecule is Nc1c(Nc2ccc(Br)cc2)ncnc1OC1CCCCC1. The maximum Gasteiger partial charge on any atom is 0.242 e. The summed E-state index contributed by atoms with van der Waals surface area (Å²) < 4.78 is 6.98. The molecule has 0 aliphatic heterocycles. The molecule has 1 saturated carbocycles. The number of nitrogens with one attached hydrogen (secondary N) is 1. The number of hydrogen-bond donors (Lipinski definition) is 2. The first kappa shape index (κ1) is 15.1. The Kier molecular flexibility index (Phi) is 4.77. The number of halogens is 1. The lowest BCUT2D eigenvalue weighted by Gasteiger charge is -2.23. The Morgan fingerprint density at radius 2 is 1.82 bits per heavy atom. The summed E-state index contributed by atoms with van der Waals surface area (Å²) >= 11 is 3.41. The number of rotatable bonds is 4. The largest absolute Gasteiger partial charge is 0.473 e. The molecule has 0 saturated heterocycles. The van der Waals surface area contributed by atoms with E-state index in [0.717, 1.165) is 23.0 Å². The number of nitrogens with zero attached hydrogens (tertiary/aromatic N) is 2. The third-order valence-corrected chi connectivity index (χ3v) is 4.31. The maximum atomic E-state index is 6.16. The van der Waals surface area contributed by atoms with Crippen molar-refractivity contribution in [3.05, 3.63) is 35.1 Å². The highest BCUT2D eigenvalue weighted by molar-refractivity contribution is 9.10. The summed E-state index contributed by atoms with van der Waals surface area (Å²) in [6, 6.07) is 7.82. The molecule has 2 aromatic rings. The van der Waals surface area contributed by atoms with Crippen LogP contribution in [0.1, 0.15) is 32.1 Å². The molecule has 22 heavy (non-hydrogen) atoms. The van der Waals surface area contributed by atoms with Crippen LogP contribution in [0, 0.1) is 0 Å². The van der Waals surface area contributed by atoms with Crippen molar-refractivity contribution in [3.63, 3.8) is 0 Å². The van der Waals surface area contributed by atoms with Gasteiger partial charge in [0.2, 0.25) is 5.88 Å². The number of aromatic nitrogens is 2. The van der Waals surface area contributed by atoms with Gasteiger partial charge in [0, 0.05) is 10.2 Å². The summed E-state index contributed by atoms with van der Waals surface area (Å²) in [5.74, 6) is 1.05. The van der Waals surface area contributed by atoms with Gasteiger partial charge in [-0.1, -0.05) is 22.4 Å². The van der Waals surface area contributed by atoms with E-state index < -0.39 is 0 Å². The van der Waals surface area contributed by atoms with Crippen molar-refractivity contribution in [2.75, 3.05) is 11.1 Å². The van der Waals surface area contributed by atoms with E-state index in [4.69, 9.17) is 10.5 Å². The average Bonchev–Trinajstić information content (AvgIpc) is 2.54. The van der Waals surface area contributed by atoms with E-state index in [1.165, 1.54) is 25.6 Å². The van der Waals surface area contributed by atoms with Gasteiger partial charge < -0.3 is 15.8 Å². The minimum absolute atomic E-state index is 0.214. The first-order valence-corrected chi connectivity index (χ1v) is 8.31. The summed E-state index contributed by atoms with van der Waals surface area (Å²) in [7, 11) is 0. The first-order valence-electron chi connectivity index (χ1n) is 7.52. The number of nitrogens with two attached hydrogens (primary N) is 1. The topological polar surface area (TPSA) is 73.1 Å². The van der Waals surface area contributed by atoms with Crippen molar-refractivity contribution in [2.45, 2.75) is 38.2 Å². The number of hydrogen-bond acceptors (Lipinski definition) is 5. The van der Waals surface area contributed by atoms with Gasteiger partial charge in [-0.3, -0.25) is 0 Å². The zero-order chi connectivity index (χ0) is 15.4. The summed E-state index contributed by atoms with van der Waals surface area (Å²) in [4.78, 5) is 8.39. The molecule has 0 unspecified atom stereocenters. The van der Waals surface area contributed by atoms with Crippen LogP contribution >= 0.6 is 15.9 Å². The first-order chi connectivity index (χ1) is 10.7. The fourth-order valence-electron chi connectivity index (χ4n) is 2.58. The Bertz CT molecular complexity index is 627. The monoisotopic (exact) mass is 362 g/mol. The molecule has 1 heterocycles. The highest BCUT2D eigenvalue weighted by Gasteiger charge is 2.18. The molecule has 3 N–H and O–H groups in total. The number of benzene rings is 1. The van der Waals surface area contributed by atoms with E-state index in [9.17, 15) is 0 Å². The molecule has 116 valence electrons. The van der Waals surface area contributed by atoms with Crippen molar-refractivity contribution in [2.24, 2.45) is 0 Å². The molecule has 6 heteroatoms. The smallest absolute Gasteiger partial charge is 0.242 e. The van der Waals surface area contributed by atoms with Gasteiger partial charge in [0.25, 0.3) is 0 Å². The predicted molar refractivity (Wildman–Crippen MR) is 91.4 cm³/mol. The normalized spacial score (nSPS) is 15.5. The van der Waals surface area contributed by atoms with Gasteiger partial charge in [-0.05, 0) is 49.9 Å². The van der Waals surface area contributed by atoms with Crippen LogP contribution in [0.15, 0.2) is 35.1 Å². The molecule has 3 rings (SSSR count). The van der Waals surface area contributed by atoms with Crippen LogP contribution in [-0.2, 0) is 0 Å². The Morgan fingerprint density at radius 1 is 1.09 bits per heavy atom. The Morgan fingerprint density at radius 3 is 2.55 bits per heavy atom. The van der Waals surface area contributed by atoms with Crippen molar-refractivity contribution in [1.29, 1.82) is 0 Å². The van der Waals surface area contributed by atoms with E-state index in [1.54, 1.807) is 0 Å². The van der Waals surface area contributed by atoms with Gasteiger partial charge in [0.15, 0.2) is 5.82 Å². The van der Waals surface area contributed by atoms with Crippen molar-refractivity contribution < 1.29 is 4.74 Å². The lowest BCUT2D eigenvalue weighted by molar-refractivity contribution is 0.149. The second-order valence-electron chi connectivity index (χ2n) is 5.45. The van der Waals surface area contributed by atoms with Crippen LogP contribution in [0.2, 0.25) is 0 Å². The Hall–Kier alpha value is -1.82. The highest BCUT2D eigenvalue weighted by Crippen LogP contribution is 2.30. The van der Waals surface area contributed by atoms with Crippen molar-refractivity contribution in [3.8, 4) is 5.88 Å². The van der Waals surface area contributed by atoms with E-state index in [1.807, 2.05) is 24.3 Å². The van der Waals surface area contributed by atoms with Crippen molar-refractivity contribution in [1.82, 2.24) is 9.97 Å². The lowest BCUT2D eigenvalue weighted by Crippen LogP contribution is -2.21. The number of ether oxygens (including phenoxy) is 1. The van der Waals surface area contributed by atoms with Crippen LogP contribution in [0.5, 0.6) is 5.88 Å².